The van der Waals surface area contributed by atoms with Crippen LogP contribution in [0, 0.1) is 0 Å². The molecule has 4 nitrogen and oxygen atoms in total. The van der Waals surface area contributed by atoms with E-state index in [1.54, 1.807) is 18.8 Å². The molecule has 1 aliphatic carbocycles. The van der Waals surface area contributed by atoms with Gasteiger partial charge in [0.2, 0.25) is 0 Å². The lowest BCUT2D eigenvalue weighted by molar-refractivity contribution is -0.0277. The summed E-state index contributed by atoms with van der Waals surface area (Å²) in [6.45, 7) is 16.9. The van der Waals surface area contributed by atoms with E-state index in [0.717, 1.165) is 36.3 Å². The van der Waals surface area contributed by atoms with Crippen molar-refractivity contribution in [2.24, 2.45) is 0 Å². The smallest absolute Gasteiger partial charge is 0.0374 e. The molecule has 0 aromatic rings. The minimum atomic E-state index is 0.416. The molecule has 2 fully saturated rings. The van der Waals surface area contributed by atoms with Crippen LogP contribution in [-0.2, 0) is 0 Å². The molecule has 2 rings (SSSR count). The second-order valence-corrected chi connectivity index (χ2v) is 8.72. The van der Waals surface area contributed by atoms with Crippen LogP contribution in [0.2, 0.25) is 0 Å². The summed E-state index contributed by atoms with van der Waals surface area (Å²) in [6.07, 6.45) is 18.3. The summed E-state index contributed by atoms with van der Waals surface area (Å²) >= 11 is 1.75. The van der Waals surface area contributed by atoms with Crippen molar-refractivity contribution in [1.29, 1.82) is 0 Å². The Labute approximate surface area is 192 Å². The molecule has 1 aliphatic heterocycles. The first-order valence-electron chi connectivity index (χ1n) is 11.8. The lowest BCUT2D eigenvalue weighted by Crippen LogP contribution is -2.53. The largest absolute Gasteiger partial charge is 0.298 e. The Balaban J connectivity index is 0.00000154. The van der Waals surface area contributed by atoms with Crippen LogP contribution < -0.4 is 0 Å². The Hall–Kier alpha value is -0.750. The fourth-order valence-electron chi connectivity index (χ4n) is 4.20. The quantitative estimate of drug-likeness (QED) is 0.385. The van der Waals surface area contributed by atoms with Crippen LogP contribution in [0.3, 0.4) is 0 Å². The third kappa shape index (κ3) is 10.5. The number of hydrogen-bond donors (Lipinski definition) is 1. The van der Waals surface area contributed by atoms with Crippen molar-refractivity contribution in [3.8, 4) is 0 Å². The first-order chi connectivity index (χ1) is 14.5. The van der Waals surface area contributed by atoms with Crippen molar-refractivity contribution < 1.29 is 5.21 Å². The third-order valence-electron chi connectivity index (χ3n) is 5.92. The average Bonchev–Trinajstić information content (AvgIpc) is 2.79. The van der Waals surface area contributed by atoms with E-state index in [-0.39, 0.29) is 0 Å². The number of piperazine rings is 1. The highest BCUT2D eigenvalue weighted by molar-refractivity contribution is 7.97. The second-order valence-electron chi connectivity index (χ2n) is 7.90. The second kappa shape index (κ2) is 17.9. The Bertz CT molecular complexity index is 491. The molecule has 1 atom stereocenters. The van der Waals surface area contributed by atoms with Crippen LogP contribution in [0.25, 0.3) is 0 Å². The highest BCUT2D eigenvalue weighted by Crippen LogP contribution is 2.25. The zero-order chi connectivity index (χ0) is 22.9. The maximum absolute atomic E-state index is 9.50. The van der Waals surface area contributed by atoms with E-state index in [2.05, 4.69) is 29.4 Å². The number of rotatable bonds is 7. The van der Waals surface area contributed by atoms with Gasteiger partial charge in [-0.3, -0.25) is 20.1 Å². The predicted octanol–water partition coefficient (Wildman–Crippen LogP) is 6.06. The zero-order valence-corrected chi connectivity index (χ0v) is 21.7. The van der Waals surface area contributed by atoms with Gasteiger partial charge in [-0.25, -0.2) is 0 Å². The summed E-state index contributed by atoms with van der Waals surface area (Å²) in [7, 11) is 1.65. The first kappa shape index (κ1) is 29.2. The van der Waals surface area contributed by atoms with Gasteiger partial charge in [-0.05, 0) is 50.3 Å². The van der Waals surface area contributed by atoms with Gasteiger partial charge in [0.15, 0.2) is 0 Å². The summed E-state index contributed by atoms with van der Waals surface area (Å²) in [4.78, 5) is 5.34. The molecule has 0 amide bonds. The van der Waals surface area contributed by atoms with Crippen molar-refractivity contribution in [3.63, 3.8) is 0 Å². The maximum atomic E-state index is 9.50. The molecule has 0 spiro atoms. The summed E-state index contributed by atoms with van der Waals surface area (Å²) < 4.78 is 0. The van der Waals surface area contributed by atoms with Crippen LogP contribution in [0.1, 0.15) is 66.2 Å². The topological polar surface area (TPSA) is 30.0 Å². The van der Waals surface area contributed by atoms with E-state index in [4.69, 9.17) is 0 Å². The first-order valence-corrected chi connectivity index (χ1v) is 13.4. The van der Waals surface area contributed by atoms with Crippen molar-refractivity contribution in [2.75, 3.05) is 45.7 Å². The standard InChI is InChI=1S/C21H37N3O.C2H6S.C2H6/c1-5-19(13-12-18(3)22(4)25)21(6-2)24-16-14-23(15-17-24)20-10-8-7-9-11-20;1-3-2;1-2/h5,12-13,20-21,25H,1,6-11,14-17H2,2-4H3;1-2H3;1-2H3/b18-12+,19-13+;;. The van der Waals surface area contributed by atoms with Crippen molar-refractivity contribution >= 4 is 11.8 Å². The fourth-order valence-corrected chi connectivity index (χ4v) is 4.20. The molecule has 1 saturated heterocycles. The van der Waals surface area contributed by atoms with E-state index < -0.39 is 0 Å². The van der Waals surface area contributed by atoms with Crippen LogP contribution in [0.5, 0.6) is 0 Å². The molecule has 2 aliphatic rings. The Morgan fingerprint density at radius 3 is 2.07 bits per heavy atom. The maximum Gasteiger partial charge on any atom is 0.0374 e. The third-order valence-corrected chi connectivity index (χ3v) is 5.92. The molecule has 1 N–H and O–H groups in total. The van der Waals surface area contributed by atoms with Gasteiger partial charge < -0.3 is 0 Å². The Morgan fingerprint density at radius 1 is 1.10 bits per heavy atom. The minimum absolute atomic E-state index is 0.416. The van der Waals surface area contributed by atoms with Gasteiger partial charge >= 0.3 is 0 Å². The minimum Gasteiger partial charge on any atom is -0.298 e. The van der Waals surface area contributed by atoms with Crippen LogP contribution in [0.4, 0.5) is 0 Å². The molecule has 1 heterocycles. The Morgan fingerprint density at radius 2 is 1.63 bits per heavy atom. The molecule has 176 valence electrons. The molecule has 0 aromatic heterocycles. The number of allylic oxidation sites excluding steroid dienone is 3. The van der Waals surface area contributed by atoms with E-state index in [1.807, 2.05) is 45.4 Å². The molecule has 1 unspecified atom stereocenters. The van der Waals surface area contributed by atoms with Gasteiger partial charge in [0.1, 0.15) is 0 Å². The fraction of sp³-hybridized carbons (Fsp3) is 0.760. The van der Waals surface area contributed by atoms with Crippen molar-refractivity contribution in [2.45, 2.75) is 78.3 Å². The molecular formula is C25H49N3OS. The van der Waals surface area contributed by atoms with Gasteiger partial charge in [0, 0.05) is 51.0 Å². The number of nitrogens with zero attached hydrogens (tertiary/aromatic N) is 3. The van der Waals surface area contributed by atoms with Crippen LogP contribution in [-0.4, -0.2) is 77.9 Å². The van der Waals surface area contributed by atoms with E-state index >= 15 is 0 Å². The monoisotopic (exact) mass is 439 g/mol. The van der Waals surface area contributed by atoms with Gasteiger partial charge in [-0.1, -0.05) is 58.8 Å². The molecule has 1 saturated carbocycles. The van der Waals surface area contributed by atoms with Crippen LogP contribution >= 0.6 is 11.8 Å². The van der Waals surface area contributed by atoms with Gasteiger partial charge in [0.25, 0.3) is 0 Å². The molecular weight excluding hydrogens is 390 g/mol. The summed E-state index contributed by atoms with van der Waals surface area (Å²) in [5.41, 5.74) is 2.08. The molecule has 0 bridgehead atoms. The lowest BCUT2D eigenvalue weighted by atomic mass is 9.93. The van der Waals surface area contributed by atoms with E-state index in [1.165, 1.54) is 50.8 Å². The van der Waals surface area contributed by atoms with E-state index in [9.17, 15) is 5.21 Å². The molecule has 0 aromatic carbocycles. The highest BCUT2D eigenvalue weighted by atomic mass is 32.2. The highest BCUT2D eigenvalue weighted by Gasteiger charge is 2.28. The average molecular weight is 440 g/mol. The summed E-state index contributed by atoms with van der Waals surface area (Å²) in [5, 5.41) is 10.7. The number of thioether (sulfide) groups is 1. The van der Waals surface area contributed by atoms with Crippen molar-refractivity contribution in [3.05, 3.63) is 36.1 Å². The van der Waals surface area contributed by atoms with Gasteiger partial charge in [0.05, 0.1) is 0 Å². The van der Waals surface area contributed by atoms with Gasteiger partial charge in [-0.2, -0.15) is 11.8 Å². The number of hydroxylamine groups is 2. The summed E-state index contributed by atoms with van der Waals surface area (Å²) in [6, 6.07) is 1.25. The predicted molar refractivity (Wildman–Crippen MR) is 136 cm³/mol. The zero-order valence-electron chi connectivity index (χ0n) is 20.9. The van der Waals surface area contributed by atoms with Crippen LogP contribution in [0.15, 0.2) is 36.1 Å². The van der Waals surface area contributed by atoms with Crippen molar-refractivity contribution in [1.82, 2.24) is 14.9 Å². The molecule has 0 radical (unpaired) electrons. The molecule has 30 heavy (non-hydrogen) atoms. The lowest BCUT2D eigenvalue weighted by Gasteiger charge is -2.43. The number of hydrogen-bond acceptors (Lipinski definition) is 5. The Kier molecular flexibility index (Phi) is 17.4. The molecule has 5 heteroatoms. The SMILES string of the molecule is C=C/C(=C\C=C(/C)N(C)O)C(CC)N1CCN(C2CCCCC2)CC1.CC.CSC. The van der Waals surface area contributed by atoms with Gasteiger partial charge in [-0.15, -0.1) is 0 Å². The normalized spacial score (nSPS) is 20.4. The summed E-state index contributed by atoms with van der Waals surface area (Å²) in [5.74, 6) is 0. The van der Waals surface area contributed by atoms with E-state index in [0.29, 0.717) is 6.04 Å².